The Bertz CT molecular complexity index is 1530. The second-order valence-corrected chi connectivity index (χ2v) is 10.2. The molecule has 0 fully saturated rings. The number of nitrogens with one attached hydrogen (secondary N) is 1. The van der Waals surface area contributed by atoms with E-state index < -0.39 is 16.0 Å². The fraction of sp³-hybridized carbons (Fsp3) is 0.185. The maximum Gasteiger partial charge on any atom is 0.337 e. The molecule has 1 aromatic heterocycles. The molecule has 0 bridgehead atoms. The van der Waals surface area contributed by atoms with Crippen LogP contribution in [0.5, 0.6) is 0 Å². The number of methoxy groups -OCH3 is 1. The minimum absolute atomic E-state index is 0.0405. The van der Waals surface area contributed by atoms with Gasteiger partial charge in [-0.15, -0.1) is 0 Å². The Morgan fingerprint density at radius 1 is 0.971 bits per heavy atom. The number of benzene rings is 3. The van der Waals surface area contributed by atoms with Crippen LogP contribution in [-0.2, 0) is 27.7 Å². The quantitative estimate of drug-likeness (QED) is 0.376. The molecule has 0 aliphatic carbocycles. The van der Waals surface area contributed by atoms with Crippen LogP contribution in [0.25, 0.3) is 10.9 Å². The zero-order valence-corrected chi connectivity index (χ0v) is 20.3. The minimum atomic E-state index is -4.04. The summed E-state index contributed by atoms with van der Waals surface area (Å²) in [6, 6.07) is 22.7. The molecule has 8 heteroatoms. The van der Waals surface area contributed by atoms with Gasteiger partial charge in [-0.25, -0.2) is 13.2 Å². The van der Waals surface area contributed by atoms with E-state index in [2.05, 4.69) is 4.98 Å². The first-order chi connectivity index (χ1) is 16.8. The molecule has 0 aliphatic rings. The van der Waals surface area contributed by atoms with Crippen molar-refractivity contribution >= 4 is 26.9 Å². The second-order valence-electron chi connectivity index (χ2n) is 8.31. The van der Waals surface area contributed by atoms with Crippen molar-refractivity contribution in [3.63, 3.8) is 0 Å². The first kappa shape index (κ1) is 24.4. The first-order valence-electron chi connectivity index (χ1n) is 11.1. The van der Waals surface area contributed by atoms with Crippen molar-refractivity contribution < 1.29 is 17.9 Å². The lowest BCUT2D eigenvalue weighted by molar-refractivity contribution is 0.0600. The normalized spacial score (nSPS) is 11.6. The number of hydrogen-bond donors (Lipinski definition) is 1. The molecule has 1 N–H and O–H groups in total. The standard InChI is InChI=1S/C27H26N2O5S/c1-19-11-12-21-16-23(26(30)28-25(21)15-19)18-29(14-13-20-7-4-3-5-8-20)35(32,33)24-10-6-9-22(17-24)27(31)34-2/h3-12,15-17H,13-14,18H2,1-2H3,(H,28,30). The average molecular weight is 491 g/mol. The highest BCUT2D eigenvalue weighted by Gasteiger charge is 2.26. The van der Waals surface area contributed by atoms with E-state index in [0.29, 0.717) is 17.5 Å². The van der Waals surface area contributed by atoms with Crippen LogP contribution in [0.3, 0.4) is 0 Å². The Morgan fingerprint density at radius 3 is 2.49 bits per heavy atom. The van der Waals surface area contributed by atoms with Crippen molar-refractivity contribution in [3.8, 4) is 0 Å². The predicted molar refractivity (Wildman–Crippen MR) is 135 cm³/mol. The number of H-pyrrole nitrogens is 1. The van der Waals surface area contributed by atoms with E-state index in [0.717, 1.165) is 16.5 Å². The van der Waals surface area contributed by atoms with Gasteiger partial charge in [-0.2, -0.15) is 4.31 Å². The van der Waals surface area contributed by atoms with Crippen LogP contribution >= 0.6 is 0 Å². The van der Waals surface area contributed by atoms with Gasteiger partial charge in [-0.1, -0.05) is 48.5 Å². The number of aromatic amines is 1. The van der Waals surface area contributed by atoms with Gasteiger partial charge in [-0.3, -0.25) is 4.79 Å². The lowest BCUT2D eigenvalue weighted by Gasteiger charge is -2.22. The summed E-state index contributed by atoms with van der Waals surface area (Å²) in [5.74, 6) is -0.626. The van der Waals surface area contributed by atoms with Gasteiger partial charge in [0.1, 0.15) is 0 Å². The number of aromatic nitrogens is 1. The molecular formula is C27H26N2O5S. The molecule has 3 aromatic carbocycles. The van der Waals surface area contributed by atoms with Crippen LogP contribution in [0.4, 0.5) is 0 Å². The highest BCUT2D eigenvalue weighted by molar-refractivity contribution is 7.89. The third-order valence-corrected chi connectivity index (χ3v) is 7.65. The number of esters is 1. The van der Waals surface area contributed by atoms with E-state index in [4.69, 9.17) is 4.74 Å². The third kappa shape index (κ3) is 5.50. The maximum atomic E-state index is 13.7. The summed E-state index contributed by atoms with van der Waals surface area (Å²) in [5, 5.41) is 0.818. The van der Waals surface area contributed by atoms with E-state index >= 15 is 0 Å². The van der Waals surface area contributed by atoms with E-state index in [1.165, 1.54) is 35.7 Å². The Balaban J connectivity index is 1.73. The first-order valence-corrected chi connectivity index (χ1v) is 12.6. The smallest absolute Gasteiger partial charge is 0.337 e. The highest BCUT2D eigenvalue weighted by Crippen LogP contribution is 2.21. The Labute approximate surface area is 204 Å². The number of fused-ring (bicyclic) bond motifs is 1. The fourth-order valence-electron chi connectivity index (χ4n) is 3.90. The molecule has 0 unspecified atom stereocenters. The Hall–Kier alpha value is -3.75. The van der Waals surface area contributed by atoms with E-state index in [1.54, 1.807) is 6.07 Å². The van der Waals surface area contributed by atoms with Gasteiger partial charge in [0.25, 0.3) is 5.56 Å². The lowest BCUT2D eigenvalue weighted by Crippen LogP contribution is -2.34. The van der Waals surface area contributed by atoms with Crippen molar-refractivity contribution in [3.05, 3.63) is 111 Å². The van der Waals surface area contributed by atoms with E-state index in [1.807, 2.05) is 55.5 Å². The van der Waals surface area contributed by atoms with Crippen LogP contribution < -0.4 is 5.56 Å². The molecule has 180 valence electrons. The molecule has 0 saturated carbocycles. The Morgan fingerprint density at radius 2 is 1.74 bits per heavy atom. The zero-order chi connectivity index (χ0) is 25.0. The molecule has 4 rings (SSSR count). The number of hydrogen-bond acceptors (Lipinski definition) is 5. The largest absolute Gasteiger partial charge is 0.465 e. The molecule has 0 aliphatic heterocycles. The molecule has 1 heterocycles. The van der Waals surface area contributed by atoms with Crippen LogP contribution in [0.2, 0.25) is 0 Å². The van der Waals surface area contributed by atoms with Gasteiger partial charge in [0.15, 0.2) is 0 Å². The van der Waals surface area contributed by atoms with Gasteiger partial charge < -0.3 is 9.72 Å². The van der Waals surface area contributed by atoms with Gasteiger partial charge in [0.05, 0.1) is 17.6 Å². The lowest BCUT2D eigenvalue weighted by atomic mass is 10.1. The molecular weight excluding hydrogens is 464 g/mol. The summed E-state index contributed by atoms with van der Waals surface area (Å²) in [7, 11) is -2.80. The summed E-state index contributed by atoms with van der Waals surface area (Å²) < 4.78 is 33.4. The predicted octanol–water partition coefficient (Wildman–Crippen LogP) is 4.06. The molecule has 7 nitrogen and oxygen atoms in total. The molecule has 0 atom stereocenters. The number of sulfonamides is 1. The van der Waals surface area contributed by atoms with Gasteiger partial charge in [0.2, 0.25) is 10.0 Å². The van der Waals surface area contributed by atoms with Crippen LogP contribution in [-0.4, -0.2) is 37.3 Å². The summed E-state index contributed by atoms with van der Waals surface area (Å²) in [6.45, 7) is 1.98. The van der Waals surface area contributed by atoms with Gasteiger partial charge >= 0.3 is 5.97 Å². The molecule has 0 saturated heterocycles. The molecule has 0 amide bonds. The molecule has 0 spiro atoms. The molecule has 0 radical (unpaired) electrons. The fourth-order valence-corrected chi connectivity index (χ4v) is 5.37. The highest BCUT2D eigenvalue weighted by atomic mass is 32.2. The monoisotopic (exact) mass is 490 g/mol. The van der Waals surface area contributed by atoms with E-state index in [9.17, 15) is 18.0 Å². The van der Waals surface area contributed by atoms with Crippen molar-refractivity contribution in [2.45, 2.75) is 24.8 Å². The van der Waals surface area contributed by atoms with Crippen molar-refractivity contribution in [2.75, 3.05) is 13.7 Å². The van der Waals surface area contributed by atoms with Crippen LogP contribution in [0, 0.1) is 6.92 Å². The van der Waals surface area contributed by atoms with Crippen LogP contribution in [0.15, 0.2) is 88.6 Å². The molecule has 35 heavy (non-hydrogen) atoms. The summed E-state index contributed by atoms with van der Waals surface area (Å²) in [5.41, 5.74) is 2.81. The van der Waals surface area contributed by atoms with Crippen molar-refractivity contribution in [1.29, 1.82) is 0 Å². The number of pyridine rings is 1. The number of nitrogens with zero attached hydrogens (tertiary/aromatic N) is 1. The maximum absolute atomic E-state index is 13.7. The third-order valence-electron chi connectivity index (χ3n) is 5.81. The number of aryl methyl sites for hydroxylation is 1. The second kappa shape index (κ2) is 10.2. The number of carbonyl (C=O) groups is 1. The summed E-state index contributed by atoms with van der Waals surface area (Å²) in [6.07, 6.45) is 0.460. The summed E-state index contributed by atoms with van der Waals surface area (Å²) >= 11 is 0. The molecule has 4 aromatic rings. The van der Waals surface area contributed by atoms with E-state index in [-0.39, 0.29) is 29.1 Å². The van der Waals surface area contributed by atoms with Gasteiger partial charge in [-0.05, 0) is 60.2 Å². The Kier molecular flexibility index (Phi) is 7.14. The number of rotatable bonds is 8. The zero-order valence-electron chi connectivity index (χ0n) is 19.5. The minimum Gasteiger partial charge on any atom is -0.465 e. The van der Waals surface area contributed by atoms with Crippen molar-refractivity contribution in [1.82, 2.24) is 9.29 Å². The number of ether oxygens (including phenoxy) is 1. The SMILES string of the molecule is COC(=O)c1cccc(S(=O)(=O)N(CCc2ccccc2)Cc2cc3ccc(C)cc3[nH]c2=O)c1. The van der Waals surface area contributed by atoms with Gasteiger partial charge in [0, 0.05) is 24.2 Å². The van der Waals surface area contributed by atoms with Crippen molar-refractivity contribution in [2.24, 2.45) is 0 Å². The number of carbonyl (C=O) groups excluding carboxylic acids is 1. The summed E-state index contributed by atoms with van der Waals surface area (Å²) in [4.78, 5) is 27.7. The topological polar surface area (TPSA) is 96.5 Å². The average Bonchev–Trinajstić information content (AvgIpc) is 2.86. The van der Waals surface area contributed by atoms with Crippen LogP contribution in [0.1, 0.15) is 27.0 Å².